The fraction of sp³-hybridized carbons (Fsp3) is 0.364. The molecule has 0 unspecified atom stereocenters. The molecule has 0 amide bonds. The standard InChI is InChI=1S/C11H8F6O3/c1-19-7-3-5(6(12)4-8(7)20-2)9(18)10(13,14)11(15,16)17/h3-4H,1-2H3. The maximum Gasteiger partial charge on any atom is 0.461 e. The Balaban J connectivity index is 3.37. The van der Waals surface area contributed by atoms with Gasteiger partial charge in [0.05, 0.1) is 19.8 Å². The minimum Gasteiger partial charge on any atom is -0.493 e. The predicted octanol–water partition coefficient (Wildman–Crippen LogP) is 3.22. The summed E-state index contributed by atoms with van der Waals surface area (Å²) in [5.41, 5.74) is -1.44. The highest BCUT2D eigenvalue weighted by Gasteiger charge is 2.63. The van der Waals surface area contributed by atoms with Gasteiger partial charge in [-0.3, -0.25) is 4.79 Å². The summed E-state index contributed by atoms with van der Waals surface area (Å²) in [5.74, 6) is -10.6. The van der Waals surface area contributed by atoms with Gasteiger partial charge in [0.15, 0.2) is 11.5 Å². The molecule has 0 saturated heterocycles. The highest BCUT2D eigenvalue weighted by Crippen LogP contribution is 2.40. The van der Waals surface area contributed by atoms with E-state index in [4.69, 9.17) is 0 Å². The molecule has 1 aromatic rings. The molecule has 0 N–H and O–H groups in total. The van der Waals surface area contributed by atoms with Gasteiger partial charge >= 0.3 is 12.1 Å². The number of methoxy groups -OCH3 is 2. The minimum atomic E-state index is -6.12. The SMILES string of the molecule is COc1cc(F)c(C(=O)C(F)(F)C(F)(F)F)cc1OC. The third-order valence-corrected chi connectivity index (χ3v) is 2.36. The Morgan fingerprint density at radius 1 is 1.00 bits per heavy atom. The molecule has 0 saturated carbocycles. The van der Waals surface area contributed by atoms with Gasteiger partial charge < -0.3 is 9.47 Å². The number of carbonyl (C=O) groups excluding carboxylic acids is 1. The first kappa shape index (κ1) is 16.1. The zero-order valence-corrected chi connectivity index (χ0v) is 10.1. The number of alkyl halides is 5. The van der Waals surface area contributed by atoms with Crippen LogP contribution in [-0.2, 0) is 0 Å². The largest absolute Gasteiger partial charge is 0.493 e. The van der Waals surface area contributed by atoms with Gasteiger partial charge in [0.2, 0.25) is 5.78 Å². The molecule has 0 aliphatic heterocycles. The van der Waals surface area contributed by atoms with E-state index in [1.807, 2.05) is 0 Å². The summed E-state index contributed by atoms with van der Waals surface area (Å²) in [6.45, 7) is 0. The number of ether oxygens (including phenoxy) is 2. The van der Waals surface area contributed by atoms with Crippen molar-refractivity contribution in [3.63, 3.8) is 0 Å². The smallest absolute Gasteiger partial charge is 0.461 e. The Morgan fingerprint density at radius 3 is 1.85 bits per heavy atom. The van der Waals surface area contributed by atoms with E-state index in [0.29, 0.717) is 12.1 Å². The Kier molecular flexibility index (Phi) is 4.21. The van der Waals surface area contributed by atoms with Crippen molar-refractivity contribution in [2.24, 2.45) is 0 Å². The van der Waals surface area contributed by atoms with Crippen LogP contribution in [0.1, 0.15) is 10.4 Å². The number of benzene rings is 1. The summed E-state index contributed by atoms with van der Waals surface area (Å²) >= 11 is 0. The van der Waals surface area contributed by atoms with Gasteiger partial charge in [-0.1, -0.05) is 0 Å². The van der Waals surface area contributed by atoms with Crippen LogP contribution in [0.3, 0.4) is 0 Å². The maximum atomic E-state index is 13.5. The molecule has 0 aliphatic carbocycles. The number of carbonyl (C=O) groups is 1. The van der Waals surface area contributed by atoms with E-state index < -0.39 is 29.3 Å². The topological polar surface area (TPSA) is 35.5 Å². The van der Waals surface area contributed by atoms with Crippen LogP contribution in [0.25, 0.3) is 0 Å². The Morgan fingerprint density at radius 2 is 1.45 bits per heavy atom. The lowest BCUT2D eigenvalue weighted by molar-refractivity contribution is -0.255. The lowest BCUT2D eigenvalue weighted by Gasteiger charge is -2.19. The van der Waals surface area contributed by atoms with Crippen LogP contribution in [0, 0.1) is 5.82 Å². The third kappa shape index (κ3) is 2.66. The molecule has 3 nitrogen and oxygen atoms in total. The van der Waals surface area contributed by atoms with Crippen molar-refractivity contribution in [2.45, 2.75) is 12.1 Å². The molecule has 0 aliphatic rings. The summed E-state index contributed by atoms with van der Waals surface area (Å²) in [7, 11) is 2.15. The molecule has 9 heteroatoms. The predicted molar refractivity (Wildman–Crippen MR) is 54.8 cm³/mol. The first-order valence-electron chi connectivity index (χ1n) is 4.97. The van der Waals surface area contributed by atoms with E-state index in [1.165, 1.54) is 0 Å². The van der Waals surface area contributed by atoms with Crippen molar-refractivity contribution < 1.29 is 40.6 Å². The fourth-order valence-corrected chi connectivity index (χ4v) is 1.33. The van der Waals surface area contributed by atoms with E-state index in [1.54, 1.807) is 0 Å². The Bertz CT molecular complexity index is 524. The average molecular weight is 302 g/mol. The highest BCUT2D eigenvalue weighted by atomic mass is 19.4. The van der Waals surface area contributed by atoms with Crippen molar-refractivity contribution in [1.29, 1.82) is 0 Å². The van der Waals surface area contributed by atoms with Crippen molar-refractivity contribution in [3.05, 3.63) is 23.5 Å². The first-order valence-corrected chi connectivity index (χ1v) is 4.97. The lowest BCUT2D eigenvalue weighted by atomic mass is 10.0. The molecule has 0 heterocycles. The van der Waals surface area contributed by atoms with Crippen LogP contribution in [0.15, 0.2) is 12.1 Å². The molecule has 0 aromatic heterocycles. The Hall–Kier alpha value is -1.93. The molecule has 112 valence electrons. The van der Waals surface area contributed by atoms with E-state index in [9.17, 15) is 31.1 Å². The van der Waals surface area contributed by atoms with Gasteiger partial charge in [0, 0.05) is 6.07 Å². The first-order chi connectivity index (χ1) is 9.06. The second-order valence-corrected chi connectivity index (χ2v) is 3.59. The summed E-state index contributed by atoms with van der Waals surface area (Å²) in [4.78, 5) is 11.2. The molecule has 0 radical (unpaired) electrons. The molecule has 1 rings (SSSR count). The van der Waals surface area contributed by atoms with Gasteiger partial charge in [0.1, 0.15) is 5.82 Å². The number of hydrogen-bond acceptors (Lipinski definition) is 3. The van der Waals surface area contributed by atoms with E-state index in [0.717, 1.165) is 14.2 Å². The van der Waals surface area contributed by atoms with Crippen LogP contribution in [-0.4, -0.2) is 32.1 Å². The Labute approximate surface area is 109 Å². The fourth-order valence-electron chi connectivity index (χ4n) is 1.33. The molecule has 0 fully saturated rings. The quantitative estimate of drug-likeness (QED) is 0.633. The zero-order chi connectivity index (χ0) is 15.7. The monoisotopic (exact) mass is 302 g/mol. The number of hydrogen-bond donors (Lipinski definition) is 0. The van der Waals surface area contributed by atoms with Crippen LogP contribution >= 0.6 is 0 Å². The second kappa shape index (κ2) is 5.22. The molecular formula is C11H8F6O3. The normalized spacial score (nSPS) is 12.2. The second-order valence-electron chi connectivity index (χ2n) is 3.59. The van der Waals surface area contributed by atoms with Gasteiger partial charge in [-0.05, 0) is 6.07 Å². The maximum absolute atomic E-state index is 13.5. The highest BCUT2D eigenvalue weighted by molar-refractivity contribution is 6.02. The van der Waals surface area contributed by atoms with Gasteiger partial charge in [-0.15, -0.1) is 0 Å². The number of ketones is 1. The zero-order valence-electron chi connectivity index (χ0n) is 10.1. The molecule has 0 bridgehead atoms. The molecule has 1 aromatic carbocycles. The van der Waals surface area contributed by atoms with Crippen molar-refractivity contribution >= 4 is 5.78 Å². The summed E-state index contributed by atoms with van der Waals surface area (Å²) < 4.78 is 84.7. The van der Waals surface area contributed by atoms with Crippen LogP contribution < -0.4 is 9.47 Å². The summed E-state index contributed by atoms with van der Waals surface area (Å²) in [5, 5.41) is 0. The minimum absolute atomic E-state index is 0.253. The third-order valence-electron chi connectivity index (χ3n) is 2.36. The van der Waals surface area contributed by atoms with Gasteiger partial charge in [0.25, 0.3) is 0 Å². The lowest BCUT2D eigenvalue weighted by Crippen LogP contribution is -2.44. The van der Waals surface area contributed by atoms with Gasteiger partial charge in [-0.25, -0.2) is 4.39 Å². The van der Waals surface area contributed by atoms with Gasteiger partial charge in [-0.2, -0.15) is 22.0 Å². The van der Waals surface area contributed by atoms with Crippen LogP contribution in [0.5, 0.6) is 11.5 Å². The van der Waals surface area contributed by atoms with E-state index in [-0.39, 0.29) is 11.5 Å². The average Bonchev–Trinajstić information content (AvgIpc) is 2.36. The molecular weight excluding hydrogens is 294 g/mol. The summed E-state index contributed by atoms with van der Waals surface area (Å²) in [6.07, 6.45) is -6.12. The number of Topliss-reactive ketones (excluding diaryl/α,β-unsaturated/α-hetero) is 1. The molecule has 20 heavy (non-hydrogen) atoms. The molecule has 0 spiro atoms. The summed E-state index contributed by atoms with van der Waals surface area (Å²) in [6, 6.07) is 0.911. The van der Waals surface area contributed by atoms with Crippen molar-refractivity contribution in [2.75, 3.05) is 14.2 Å². The van der Waals surface area contributed by atoms with Crippen molar-refractivity contribution in [3.8, 4) is 11.5 Å². The number of halogens is 6. The van der Waals surface area contributed by atoms with Crippen LogP contribution in [0.4, 0.5) is 26.3 Å². The van der Waals surface area contributed by atoms with E-state index >= 15 is 0 Å². The number of rotatable bonds is 4. The van der Waals surface area contributed by atoms with E-state index in [2.05, 4.69) is 9.47 Å². The molecule has 0 atom stereocenters. The van der Waals surface area contributed by atoms with Crippen molar-refractivity contribution in [1.82, 2.24) is 0 Å². The van der Waals surface area contributed by atoms with Crippen LogP contribution in [0.2, 0.25) is 0 Å².